The van der Waals surface area contributed by atoms with Crippen LogP contribution in [0.5, 0.6) is 5.75 Å². The van der Waals surface area contributed by atoms with Gasteiger partial charge in [-0.2, -0.15) is 0 Å². The Morgan fingerprint density at radius 3 is 2.32 bits per heavy atom. The van der Waals surface area contributed by atoms with Gasteiger partial charge in [-0.05, 0) is 37.3 Å². The zero-order valence-corrected chi connectivity index (χ0v) is 14.0. The fraction of sp³-hybridized carbons (Fsp3) is 0.176. The molecule has 2 aromatic rings. The number of carbonyl (C=O) groups is 2. The minimum absolute atomic E-state index is 0.0997. The average molecular weight is 364 g/mol. The van der Waals surface area contributed by atoms with Crippen molar-refractivity contribution < 1.29 is 24.0 Å². The van der Waals surface area contributed by atoms with Gasteiger partial charge in [0.25, 0.3) is 5.69 Å². The van der Waals surface area contributed by atoms with Crippen LogP contribution in [0.3, 0.4) is 0 Å². The molecule has 7 nitrogen and oxygen atoms in total. The van der Waals surface area contributed by atoms with E-state index >= 15 is 0 Å². The zero-order valence-electron chi connectivity index (χ0n) is 13.2. The predicted octanol–water partition coefficient (Wildman–Crippen LogP) is 3.42. The number of ketones is 1. The number of nitro benzene ring substituents is 1. The van der Waals surface area contributed by atoms with Gasteiger partial charge < -0.3 is 9.47 Å². The highest BCUT2D eigenvalue weighted by Crippen LogP contribution is 2.27. The molecule has 2 rings (SSSR count). The fourth-order valence-corrected chi connectivity index (χ4v) is 2.23. The molecule has 0 aromatic heterocycles. The van der Waals surface area contributed by atoms with Crippen molar-refractivity contribution >= 4 is 29.0 Å². The molecular weight excluding hydrogens is 350 g/mol. The molecule has 0 aliphatic carbocycles. The van der Waals surface area contributed by atoms with E-state index in [1.807, 2.05) is 0 Å². The third-order valence-corrected chi connectivity index (χ3v) is 3.48. The third-order valence-electron chi connectivity index (χ3n) is 3.19. The maximum Gasteiger partial charge on any atom is 0.344 e. The molecule has 0 unspecified atom stereocenters. The summed E-state index contributed by atoms with van der Waals surface area (Å²) in [6, 6.07) is 9.64. The second kappa shape index (κ2) is 8.25. The lowest BCUT2D eigenvalue weighted by atomic mass is 10.0. The maximum absolute atomic E-state index is 12.4. The van der Waals surface area contributed by atoms with Gasteiger partial charge in [-0.3, -0.25) is 14.9 Å². The van der Waals surface area contributed by atoms with Crippen molar-refractivity contribution in [3.05, 3.63) is 68.7 Å². The number of hydrogen-bond acceptors (Lipinski definition) is 6. The number of nitro groups is 1. The van der Waals surface area contributed by atoms with E-state index in [2.05, 4.69) is 0 Å². The second-order valence-electron chi connectivity index (χ2n) is 4.87. The van der Waals surface area contributed by atoms with Crippen LogP contribution in [0.1, 0.15) is 22.8 Å². The van der Waals surface area contributed by atoms with Crippen molar-refractivity contribution in [2.24, 2.45) is 0 Å². The lowest BCUT2D eigenvalue weighted by molar-refractivity contribution is -0.384. The maximum atomic E-state index is 12.4. The standard InChI is InChI=1S/C17H14ClNO6/c1-2-24-16(20)10-25-15-8-5-12(9-14(15)18)17(21)11-3-6-13(7-4-11)19(22)23/h3-9H,2,10H2,1H3. The normalized spacial score (nSPS) is 10.2. The van der Waals surface area contributed by atoms with Crippen molar-refractivity contribution in [2.45, 2.75) is 6.92 Å². The van der Waals surface area contributed by atoms with Crippen molar-refractivity contribution in [3.8, 4) is 5.75 Å². The molecule has 0 saturated heterocycles. The highest BCUT2D eigenvalue weighted by atomic mass is 35.5. The van der Waals surface area contributed by atoms with Gasteiger partial charge in [0.05, 0.1) is 16.6 Å². The van der Waals surface area contributed by atoms with Crippen LogP contribution in [0.2, 0.25) is 5.02 Å². The van der Waals surface area contributed by atoms with Gasteiger partial charge in [-0.15, -0.1) is 0 Å². The minimum atomic E-state index is -0.541. The predicted molar refractivity (Wildman–Crippen MR) is 90.1 cm³/mol. The van der Waals surface area contributed by atoms with Crippen LogP contribution in [0.4, 0.5) is 5.69 Å². The second-order valence-corrected chi connectivity index (χ2v) is 5.28. The SMILES string of the molecule is CCOC(=O)COc1ccc(C(=O)c2ccc([N+](=O)[O-])cc2)cc1Cl. The van der Waals surface area contributed by atoms with Gasteiger partial charge in [0.1, 0.15) is 5.75 Å². The number of hydrogen-bond donors (Lipinski definition) is 0. The molecular formula is C17H14ClNO6. The van der Waals surface area contributed by atoms with Gasteiger partial charge in [0, 0.05) is 23.3 Å². The molecule has 0 aliphatic rings. The number of rotatable bonds is 7. The van der Waals surface area contributed by atoms with Crippen LogP contribution >= 0.6 is 11.6 Å². The largest absolute Gasteiger partial charge is 0.480 e. The van der Waals surface area contributed by atoms with Gasteiger partial charge in [0.15, 0.2) is 12.4 Å². The lowest BCUT2D eigenvalue weighted by Crippen LogP contribution is -2.14. The molecule has 25 heavy (non-hydrogen) atoms. The molecule has 0 radical (unpaired) electrons. The number of non-ortho nitro benzene ring substituents is 1. The van der Waals surface area contributed by atoms with Gasteiger partial charge in [-0.25, -0.2) is 4.79 Å². The Morgan fingerprint density at radius 1 is 1.12 bits per heavy atom. The summed E-state index contributed by atoms with van der Waals surface area (Å²) in [5.74, 6) is -0.617. The molecule has 2 aromatic carbocycles. The zero-order chi connectivity index (χ0) is 18.4. The number of benzene rings is 2. The van der Waals surface area contributed by atoms with Crippen molar-refractivity contribution in [3.63, 3.8) is 0 Å². The Labute approximate surface area is 148 Å². The summed E-state index contributed by atoms with van der Waals surface area (Å²) in [6.45, 7) is 1.64. The summed E-state index contributed by atoms with van der Waals surface area (Å²) >= 11 is 6.07. The smallest absolute Gasteiger partial charge is 0.344 e. The van der Waals surface area contributed by atoms with Gasteiger partial charge >= 0.3 is 5.97 Å². The van der Waals surface area contributed by atoms with Crippen LogP contribution in [-0.2, 0) is 9.53 Å². The van der Waals surface area contributed by atoms with Crippen molar-refractivity contribution in [1.82, 2.24) is 0 Å². The monoisotopic (exact) mass is 363 g/mol. The minimum Gasteiger partial charge on any atom is -0.480 e. The van der Waals surface area contributed by atoms with Crippen LogP contribution in [0.15, 0.2) is 42.5 Å². The molecule has 0 fully saturated rings. The summed E-state index contributed by atoms with van der Waals surface area (Å²) in [5.41, 5.74) is 0.487. The summed E-state index contributed by atoms with van der Waals surface area (Å²) in [5, 5.41) is 10.8. The number of ether oxygens (including phenoxy) is 2. The van der Waals surface area contributed by atoms with Gasteiger partial charge in [0.2, 0.25) is 0 Å². The Bertz CT molecular complexity index is 803. The summed E-state index contributed by atoms with van der Waals surface area (Å²) < 4.78 is 9.98. The van der Waals surface area contributed by atoms with Crippen LogP contribution in [0.25, 0.3) is 0 Å². The number of halogens is 1. The molecule has 0 bridgehead atoms. The van der Waals surface area contributed by atoms with Crippen LogP contribution < -0.4 is 4.74 Å². The molecule has 0 atom stereocenters. The molecule has 0 heterocycles. The first-order valence-corrected chi connectivity index (χ1v) is 7.67. The highest BCUT2D eigenvalue weighted by Gasteiger charge is 2.14. The fourth-order valence-electron chi connectivity index (χ4n) is 2.00. The Morgan fingerprint density at radius 2 is 1.76 bits per heavy atom. The van der Waals surface area contributed by atoms with Crippen molar-refractivity contribution in [1.29, 1.82) is 0 Å². The topological polar surface area (TPSA) is 95.7 Å². The number of carbonyl (C=O) groups excluding carboxylic acids is 2. The first-order valence-electron chi connectivity index (χ1n) is 7.29. The third kappa shape index (κ3) is 4.77. The van der Waals surface area contributed by atoms with E-state index in [0.717, 1.165) is 0 Å². The average Bonchev–Trinajstić information content (AvgIpc) is 2.60. The number of esters is 1. The molecule has 130 valence electrons. The summed E-state index contributed by atoms with van der Waals surface area (Å²) in [4.78, 5) is 33.8. The highest BCUT2D eigenvalue weighted by molar-refractivity contribution is 6.32. The summed E-state index contributed by atoms with van der Waals surface area (Å²) in [6.07, 6.45) is 0. The molecule has 8 heteroatoms. The van der Waals surface area contributed by atoms with E-state index < -0.39 is 10.9 Å². The molecule has 0 amide bonds. The Hall–Kier alpha value is -2.93. The quantitative estimate of drug-likeness (QED) is 0.323. The van der Waals surface area contributed by atoms with Crippen LogP contribution in [0, 0.1) is 10.1 Å². The van der Waals surface area contributed by atoms with E-state index in [1.165, 1.54) is 42.5 Å². The molecule has 0 aliphatic heterocycles. The van der Waals surface area contributed by atoms with E-state index in [9.17, 15) is 19.7 Å². The van der Waals surface area contributed by atoms with E-state index in [1.54, 1.807) is 6.92 Å². The van der Waals surface area contributed by atoms with E-state index in [-0.39, 0.29) is 35.5 Å². The van der Waals surface area contributed by atoms with Crippen LogP contribution in [-0.4, -0.2) is 29.9 Å². The molecule has 0 N–H and O–H groups in total. The molecule has 0 spiro atoms. The molecule has 0 saturated carbocycles. The van der Waals surface area contributed by atoms with E-state index in [0.29, 0.717) is 11.1 Å². The van der Waals surface area contributed by atoms with Gasteiger partial charge in [-0.1, -0.05) is 11.6 Å². The lowest BCUT2D eigenvalue weighted by Gasteiger charge is -2.09. The number of nitrogens with zero attached hydrogens (tertiary/aromatic N) is 1. The Balaban J connectivity index is 2.12. The first kappa shape index (κ1) is 18.4. The van der Waals surface area contributed by atoms with Crippen molar-refractivity contribution in [2.75, 3.05) is 13.2 Å². The van der Waals surface area contributed by atoms with E-state index in [4.69, 9.17) is 21.1 Å². The Kier molecular flexibility index (Phi) is 6.08. The summed E-state index contributed by atoms with van der Waals surface area (Å²) in [7, 11) is 0. The first-order chi connectivity index (χ1) is 11.9.